The molecule has 0 aliphatic carbocycles. The van der Waals surface area contributed by atoms with Crippen LogP contribution >= 0.6 is 0 Å². The third kappa shape index (κ3) is 4.22. The lowest BCUT2D eigenvalue weighted by atomic mass is 9.81. The van der Waals surface area contributed by atoms with Crippen LogP contribution < -0.4 is 0 Å². The molecule has 4 heterocycles. The molecule has 0 radical (unpaired) electrons. The van der Waals surface area contributed by atoms with Crippen molar-refractivity contribution in [2.24, 2.45) is 0 Å². The molecule has 33 heavy (non-hydrogen) atoms. The number of hydrogen-bond donors (Lipinski definition) is 0. The number of rotatable bonds is 4. The van der Waals surface area contributed by atoms with Crippen molar-refractivity contribution >= 4 is 5.91 Å². The number of aromatic nitrogens is 3. The van der Waals surface area contributed by atoms with Crippen LogP contribution in [-0.2, 0) is 10.2 Å². The quantitative estimate of drug-likeness (QED) is 0.585. The molecule has 174 valence electrons. The average Bonchev–Trinajstić information content (AvgIpc) is 3.47. The first-order valence-corrected chi connectivity index (χ1v) is 11.9. The molecule has 0 spiro atoms. The number of ether oxygens (including phenoxy) is 1. The first-order valence-electron chi connectivity index (χ1n) is 11.9. The van der Waals surface area contributed by atoms with Crippen molar-refractivity contribution in [3.8, 4) is 5.69 Å². The second-order valence-electron chi connectivity index (χ2n) is 9.73. The molecule has 1 amide bonds. The van der Waals surface area contributed by atoms with Crippen LogP contribution in [-0.4, -0.2) is 51.8 Å². The van der Waals surface area contributed by atoms with Gasteiger partial charge in [-0.1, -0.05) is 12.1 Å². The van der Waals surface area contributed by atoms with E-state index in [0.29, 0.717) is 18.0 Å². The van der Waals surface area contributed by atoms with Crippen molar-refractivity contribution < 1.29 is 14.1 Å². The second-order valence-corrected chi connectivity index (χ2v) is 9.73. The minimum absolute atomic E-state index is 0.0570. The largest absolute Gasteiger partial charge is 0.381 e. The minimum Gasteiger partial charge on any atom is -0.381 e. The van der Waals surface area contributed by atoms with Gasteiger partial charge >= 0.3 is 0 Å². The molecule has 2 aliphatic rings. The van der Waals surface area contributed by atoms with E-state index in [4.69, 9.17) is 14.2 Å². The average molecular weight is 449 g/mol. The standard InChI is InChI=1S/C26H32N4O3/c1-18-5-6-19(2)30(18)22-9-7-21(8-10-22)24(31)29-14-4-13-26(3,17-29)25-27-23(33-28-25)20-11-15-32-16-12-20/h5-10,20H,4,11-17H2,1-3H3. The van der Waals surface area contributed by atoms with Gasteiger partial charge in [0.15, 0.2) is 5.82 Å². The van der Waals surface area contributed by atoms with Crippen LogP contribution in [0.5, 0.6) is 0 Å². The highest BCUT2D eigenvalue weighted by atomic mass is 16.5. The van der Waals surface area contributed by atoms with Gasteiger partial charge in [-0.3, -0.25) is 4.79 Å². The summed E-state index contributed by atoms with van der Waals surface area (Å²) >= 11 is 0. The molecular formula is C26H32N4O3. The third-order valence-corrected chi connectivity index (χ3v) is 7.18. The van der Waals surface area contributed by atoms with Crippen LogP contribution in [0.3, 0.4) is 0 Å². The summed E-state index contributed by atoms with van der Waals surface area (Å²) in [6.07, 6.45) is 3.69. The van der Waals surface area contributed by atoms with E-state index in [2.05, 4.69) is 42.6 Å². The van der Waals surface area contributed by atoms with E-state index >= 15 is 0 Å². The molecule has 2 aromatic heterocycles. The fraction of sp³-hybridized carbons (Fsp3) is 0.500. The summed E-state index contributed by atoms with van der Waals surface area (Å²) in [7, 11) is 0. The van der Waals surface area contributed by atoms with Crippen molar-refractivity contribution in [1.82, 2.24) is 19.6 Å². The number of likely N-dealkylation sites (tertiary alicyclic amines) is 1. The summed E-state index contributed by atoms with van der Waals surface area (Å²) in [6, 6.07) is 12.1. The Kier molecular flexibility index (Phi) is 5.83. The van der Waals surface area contributed by atoms with Crippen molar-refractivity contribution in [3.63, 3.8) is 0 Å². The first-order chi connectivity index (χ1) is 15.9. The Morgan fingerprint density at radius 1 is 1.06 bits per heavy atom. The molecule has 0 bridgehead atoms. The summed E-state index contributed by atoms with van der Waals surface area (Å²) in [4.78, 5) is 20.1. The Morgan fingerprint density at radius 2 is 1.76 bits per heavy atom. The predicted octanol–water partition coefficient (Wildman–Crippen LogP) is 4.57. The molecule has 2 saturated heterocycles. The molecule has 0 N–H and O–H groups in total. The number of hydrogen-bond acceptors (Lipinski definition) is 5. The lowest BCUT2D eigenvalue weighted by molar-refractivity contribution is 0.0642. The maximum atomic E-state index is 13.3. The first kappa shape index (κ1) is 21.9. The molecule has 5 rings (SSSR count). The van der Waals surface area contributed by atoms with Crippen LogP contribution in [0.1, 0.15) is 72.0 Å². The van der Waals surface area contributed by atoms with Gasteiger partial charge in [0.25, 0.3) is 5.91 Å². The van der Waals surface area contributed by atoms with Crippen LogP contribution in [0, 0.1) is 13.8 Å². The highest BCUT2D eigenvalue weighted by Crippen LogP contribution is 2.34. The van der Waals surface area contributed by atoms with Gasteiger partial charge < -0.3 is 18.7 Å². The summed E-state index contributed by atoms with van der Waals surface area (Å²) in [5, 5.41) is 4.34. The third-order valence-electron chi connectivity index (χ3n) is 7.18. The zero-order valence-electron chi connectivity index (χ0n) is 19.7. The molecule has 1 unspecified atom stereocenters. The van der Waals surface area contributed by atoms with E-state index in [1.807, 2.05) is 29.2 Å². The van der Waals surface area contributed by atoms with Crippen molar-refractivity contribution in [1.29, 1.82) is 0 Å². The summed E-state index contributed by atoms with van der Waals surface area (Å²) < 4.78 is 13.3. The number of amides is 1. The fourth-order valence-corrected chi connectivity index (χ4v) is 5.20. The number of benzene rings is 1. The van der Waals surface area contributed by atoms with Gasteiger partial charge in [-0.25, -0.2) is 0 Å². The van der Waals surface area contributed by atoms with Crippen molar-refractivity contribution in [2.45, 2.75) is 57.8 Å². The zero-order chi connectivity index (χ0) is 23.0. The van der Waals surface area contributed by atoms with Crippen molar-refractivity contribution in [3.05, 3.63) is 65.1 Å². The van der Waals surface area contributed by atoms with E-state index in [-0.39, 0.29) is 17.2 Å². The molecule has 1 atom stereocenters. The van der Waals surface area contributed by atoms with Gasteiger partial charge in [0, 0.05) is 60.3 Å². The smallest absolute Gasteiger partial charge is 0.253 e. The predicted molar refractivity (Wildman–Crippen MR) is 125 cm³/mol. The van der Waals surface area contributed by atoms with Gasteiger partial charge in [-0.15, -0.1) is 0 Å². The van der Waals surface area contributed by atoms with E-state index < -0.39 is 0 Å². The number of aryl methyl sites for hydroxylation is 2. The normalized spacial score (nSPS) is 22.0. The van der Waals surface area contributed by atoms with Crippen LogP contribution in [0.2, 0.25) is 0 Å². The Morgan fingerprint density at radius 3 is 2.45 bits per heavy atom. The number of carbonyl (C=O) groups is 1. The molecule has 7 heteroatoms. The SMILES string of the molecule is Cc1ccc(C)n1-c1ccc(C(=O)N2CCCC(C)(c3noc(C4CCOCC4)n3)C2)cc1. The molecular weight excluding hydrogens is 416 g/mol. The summed E-state index contributed by atoms with van der Waals surface area (Å²) in [5.74, 6) is 1.76. The van der Waals surface area contributed by atoms with Gasteiger partial charge in [-0.2, -0.15) is 4.98 Å². The number of nitrogens with zero attached hydrogens (tertiary/aromatic N) is 4. The van der Waals surface area contributed by atoms with Gasteiger partial charge in [-0.05, 0) is 75.9 Å². The van der Waals surface area contributed by atoms with E-state index in [1.165, 1.54) is 11.4 Å². The summed E-state index contributed by atoms with van der Waals surface area (Å²) in [6.45, 7) is 9.14. The Balaban J connectivity index is 1.31. The van der Waals surface area contributed by atoms with Gasteiger partial charge in [0.2, 0.25) is 5.89 Å². The number of carbonyl (C=O) groups excluding carboxylic acids is 1. The van der Waals surface area contributed by atoms with Crippen LogP contribution in [0.25, 0.3) is 5.69 Å². The molecule has 1 aromatic carbocycles. The van der Waals surface area contributed by atoms with Crippen molar-refractivity contribution in [2.75, 3.05) is 26.3 Å². The lowest BCUT2D eigenvalue weighted by Crippen LogP contribution is -2.47. The van der Waals surface area contributed by atoms with Gasteiger partial charge in [0.1, 0.15) is 0 Å². The number of piperidine rings is 1. The molecule has 2 aliphatic heterocycles. The van der Waals surface area contributed by atoms with Crippen LogP contribution in [0.15, 0.2) is 40.9 Å². The maximum Gasteiger partial charge on any atom is 0.253 e. The topological polar surface area (TPSA) is 73.4 Å². The minimum atomic E-state index is -0.305. The maximum absolute atomic E-state index is 13.3. The Bertz CT molecular complexity index is 1110. The molecule has 3 aromatic rings. The Labute approximate surface area is 194 Å². The fourth-order valence-electron chi connectivity index (χ4n) is 5.20. The van der Waals surface area contributed by atoms with E-state index in [1.54, 1.807) is 0 Å². The monoisotopic (exact) mass is 448 g/mol. The second kappa shape index (κ2) is 8.78. The Hall–Kier alpha value is -2.93. The lowest BCUT2D eigenvalue weighted by Gasteiger charge is -2.38. The molecule has 0 saturated carbocycles. The molecule has 2 fully saturated rings. The van der Waals surface area contributed by atoms with Gasteiger partial charge in [0.05, 0.1) is 0 Å². The molecule has 7 nitrogen and oxygen atoms in total. The van der Waals surface area contributed by atoms with E-state index in [0.717, 1.165) is 57.0 Å². The highest BCUT2D eigenvalue weighted by molar-refractivity contribution is 5.94. The van der Waals surface area contributed by atoms with E-state index in [9.17, 15) is 4.79 Å². The van der Waals surface area contributed by atoms with Crippen LogP contribution in [0.4, 0.5) is 0 Å². The summed E-state index contributed by atoms with van der Waals surface area (Å²) in [5.41, 5.74) is 3.83. The highest BCUT2D eigenvalue weighted by Gasteiger charge is 2.39. The zero-order valence-corrected chi connectivity index (χ0v) is 19.7.